The van der Waals surface area contributed by atoms with E-state index < -0.39 is 0 Å². The van der Waals surface area contributed by atoms with E-state index in [1.807, 2.05) is 26.2 Å². The Balaban J connectivity index is 1.97. The van der Waals surface area contributed by atoms with Crippen molar-refractivity contribution in [2.45, 2.75) is 19.9 Å². The van der Waals surface area contributed by atoms with E-state index in [-0.39, 0.29) is 11.3 Å². The van der Waals surface area contributed by atoms with Gasteiger partial charge in [-0.1, -0.05) is 6.07 Å². The maximum atomic E-state index is 11.4. The number of hydrogen-bond acceptors (Lipinski definition) is 4. The molecule has 5 nitrogen and oxygen atoms in total. The number of likely N-dealkylation sites (tertiary alicyclic amines) is 1. The van der Waals surface area contributed by atoms with E-state index in [1.165, 1.54) is 0 Å². The Hall–Kier alpha value is -1.62. The number of nitrogens with two attached hydrogens (primary N) is 1. The van der Waals surface area contributed by atoms with E-state index in [9.17, 15) is 4.79 Å². The highest BCUT2D eigenvalue weighted by Crippen LogP contribution is 2.30. The van der Waals surface area contributed by atoms with Crippen molar-refractivity contribution in [3.8, 4) is 0 Å². The third kappa shape index (κ3) is 2.61. The Bertz CT molecular complexity index is 431. The first-order valence-corrected chi connectivity index (χ1v) is 6.18. The normalized spacial score (nSPS) is 24.1. The highest BCUT2D eigenvalue weighted by molar-refractivity contribution is 5.81. The van der Waals surface area contributed by atoms with Gasteiger partial charge in [0.05, 0.1) is 5.41 Å². The van der Waals surface area contributed by atoms with Gasteiger partial charge in [0.15, 0.2) is 0 Å². The van der Waals surface area contributed by atoms with E-state index >= 15 is 0 Å². The number of carbonyl (C=O) groups excluding carboxylic acids is 1. The van der Waals surface area contributed by atoms with Crippen molar-refractivity contribution in [1.82, 2.24) is 9.88 Å². The summed E-state index contributed by atoms with van der Waals surface area (Å²) in [5, 5.41) is 2.99. The van der Waals surface area contributed by atoms with Gasteiger partial charge in [-0.15, -0.1) is 0 Å². The largest absolute Gasteiger partial charge is 0.373 e. The van der Waals surface area contributed by atoms with Crippen molar-refractivity contribution >= 4 is 11.7 Å². The molecule has 0 aromatic carbocycles. The van der Waals surface area contributed by atoms with Gasteiger partial charge in [0.25, 0.3) is 0 Å². The fourth-order valence-corrected chi connectivity index (χ4v) is 2.32. The van der Waals surface area contributed by atoms with E-state index in [0.717, 1.165) is 37.4 Å². The van der Waals surface area contributed by atoms with E-state index in [0.29, 0.717) is 0 Å². The third-order valence-electron chi connectivity index (χ3n) is 3.63. The smallest absolute Gasteiger partial charge is 0.224 e. The Kier molecular flexibility index (Phi) is 3.52. The van der Waals surface area contributed by atoms with E-state index in [2.05, 4.69) is 21.3 Å². The number of nitrogens with zero attached hydrogens (tertiary/aromatic N) is 2. The molecule has 2 heterocycles. The summed E-state index contributed by atoms with van der Waals surface area (Å²) in [5.41, 5.74) is 6.22. The van der Waals surface area contributed by atoms with Crippen LogP contribution in [-0.4, -0.2) is 35.9 Å². The fraction of sp³-hybridized carbons (Fsp3) is 0.538. The number of amides is 1. The fourth-order valence-electron chi connectivity index (χ4n) is 2.32. The minimum atomic E-state index is -0.377. The Labute approximate surface area is 107 Å². The average molecular weight is 248 g/mol. The van der Waals surface area contributed by atoms with Crippen LogP contribution < -0.4 is 11.1 Å². The zero-order chi connectivity index (χ0) is 13.2. The van der Waals surface area contributed by atoms with Crippen LogP contribution in [0.3, 0.4) is 0 Å². The van der Waals surface area contributed by atoms with Crippen LogP contribution in [0.4, 0.5) is 5.82 Å². The molecule has 1 unspecified atom stereocenters. The van der Waals surface area contributed by atoms with Crippen LogP contribution in [0.1, 0.15) is 18.9 Å². The van der Waals surface area contributed by atoms with Crippen LogP contribution in [0.15, 0.2) is 18.3 Å². The summed E-state index contributed by atoms with van der Waals surface area (Å²) in [6.07, 6.45) is 2.70. The van der Waals surface area contributed by atoms with E-state index in [4.69, 9.17) is 5.73 Å². The van der Waals surface area contributed by atoms with Crippen molar-refractivity contribution < 1.29 is 4.79 Å². The number of nitrogens with one attached hydrogen (secondary N) is 1. The maximum absolute atomic E-state index is 11.4. The van der Waals surface area contributed by atoms with Gasteiger partial charge in [-0.3, -0.25) is 9.69 Å². The summed E-state index contributed by atoms with van der Waals surface area (Å²) in [4.78, 5) is 17.9. The SMILES string of the molecule is CNc1ccc(CN2CCC(C)(C(N)=O)C2)cn1. The number of hydrogen-bond donors (Lipinski definition) is 2. The highest BCUT2D eigenvalue weighted by Gasteiger charge is 2.38. The summed E-state index contributed by atoms with van der Waals surface area (Å²) >= 11 is 0. The standard InChI is InChI=1S/C13H20N4O/c1-13(12(14)18)5-6-17(9-13)8-10-3-4-11(15-2)16-7-10/h3-4,7H,5-6,8-9H2,1-2H3,(H2,14,18)(H,15,16). The first-order chi connectivity index (χ1) is 8.53. The number of aromatic nitrogens is 1. The minimum absolute atomic E-state index is 0.200. The molecule has 5 heteroatoms. The number of primary amides is 1. The van der Waals surface area contributed by atoms with Crippen molar-refractivity contribution in [2.75, 3.05) is 25.5 Å². The topological polar surface area (TPSA) is 71.2 Å². The molecule has 1 atom stereocenters. The number of carbonyl (C=O) groups is 1. The molecule has 1 fully saturated rings. The molecule has 1 amide bonds. The number of rotatable bonds is 4. The van der Waals surface area contributed by atoms with Crippen LogP contribution in [0, 0.1) is 5.41 Å². The second-order valence-corrected chi connectivity index (χ2v) is 5.19. The van der Waals surface area contributed by atoms with Gasteiger partial charge in [-0.05, 0) is 31.5 Å². The lowest BCUT2D eigenvalue weighted by atomic mass is 9.89. The lowest BCUT2D eigenvalue weighted by molar-refractivity contribution is -0.126. The van der Waals surface area contributed by atoms with Gasteiger partial charge in [0.1, 0.15) is 5.82 Å². The Morgan fingerprint density at radius 3 is 2.89 bits per heavy atom. The molecular formula is C13H20N4O. The molecule has 1 aromatic rings. The molecule has 0 radical (unpaired) electrons. The molecular weight excluding hydrogens is 228 g/mol. The molecule has 0 aliphatic carbocycles. The number of anilines is 1. The molecule has 1 aliphatic rings. The van der Waals surface area contributed by atoms with Gasteiger partial charge in [0.2, 0.25) is 5.91 Å². The van der Waals surface area contributed by atoms with Gasteiger partial charge >= 0.3 is 0 Å². The summed E-state index contributed by atoms with van der Waals surface area (Å²) in [7, 11) is 1.85. The maximum Gasteiger partial charge on any atom is 0.224 e. The van der Waals surface area contributed by atoms with Crippen molar-refractivity contribution in [3.63, 3.8) is 0 Å². The lowest BCUT2D eigenvalue weighted by Gasteiger charge is -2.20. The monoisotopic (exact) mass is 248 g/mol. The summed E-state index contributed by atoms with van der Waals surface area (Å²) in [6.45, 7) is 4.40. The van der Waals surface area contributed by atoms with Crippen molar-refractivity contribution in [3.05, 3.63) is 23.9 Å². The van der Waals surface area contributed by atoms with E-state index in [1.54, 1.807) is 0 Å². The molecule has 0 bridgehead atoms. The summed E-state index contributed by atoms with van der Waals surface area (Å²) in [6, 6.07) is 4.01. The second kappa shape index (κ2) is 4.94. The van der Waals surface area contributed by atoms with Crippen LogP contribution in [-0.2, 0) is 11.3 Å². The first-order valence-electron chi connectivity index (χ1n) is 6.18. The molecule has 18 heavy (non-hydrogen) atoms. The second-order valence-electron chi connectivity index (χ2n) is 5.19. The molecule has 1 aromatic heterocycles. The van der Waals surface area contributed by atoms with Crippen molar-refractivity contribution in [2.24, 2.45) is 11.1 Å². The van der Waals surface area contributed by atoms with Crippen LogP contribution >= 0.6 is 0 Å². The lowest BCUT2D eigenvalue weighted by Crippen LogP contribution is -2.36. The Morgan fingerprint density at radius 1 is 1.61 bits per heavy atom. The van der Waals surface area contributed by atoms with Gasteiger partial charge in [0, 0.05) is 26.3 Å². The van der Waals surface area contributed by atoms with Gasteiger partial charge in [-0.25, -0.2) is 4.98 Å². The molecule has 0 spiro atoms. The van der Waals surface area contributed by atoms with Gasteiger partial charge in [-0.2, -0.15) is 0 Å². The van der Waals surface area contributed by atoms with Crippen LogP contribution in [0.2, 0.25) is 0 Å². The minimum Gasteiger partial charge on any atom is -0.373 e. The third-order valence-corrected chi connectivity index (χ3v) is 3.63. The predicted molar refractivity (Wildman–Crippen MR) is 71.0 cm³/mol. The molecule has 2 rings (SSSR count). The quantitative estimate of drug-likeness (QED) is 0.827. The molecule has 98 valence electrons. The predicted octanol–water partition coefficient (Wildman–Crippen LogP) is 0.821. The zero-order valence-electron chi connectivity index (χ0n) is 10.9. The van der Waals surface area contributed by atoms with Crippen molar-refractivity contribution in [1.29, 1.82) is 0 Å². The molecule has 1 saturated heterocycles. The summed E-state index contributed by atoms with van der Waals surface area (Å²) < 4.78 is 0. The summed E-state index contributed by atoms with van der Waals surface area (Å²) in [5.74, 6) is 0.663. The molecule has 1 aliphatic heterocycles. The highest BCUT2D eigenvalue weighted by atomic mass is 16.1. The number of pyridine rings is 1. The first kappa shape index (κ1) is 12.8. The van der Waals surface area contributed by atoms with Crippen LogP contribution in [0.5, 0.6) is 0 Å². The zero-order valence-corrected chi connectivity index (χ0v) is 10.9. The molecule has 3 N–H and O–H groups in total. The Morgan fingerprint density at radius 2 is 2.39 bits per heavy atom. The van der Waals surface area contributed by atoms with Gasteiger partial charge < -0.3 is 11.1 Å². The van der Waals surface area contributed by atoms with Crippen LogP contribution in [0.25, 0.3) is 0 Å². The average Bonchev–Trinajstić information content (AvgIpc) is 2.73. The molecule has 0 saturated carbocycles.